The normalized spacial score (nSPS) is 21.2. The van der Waals surface area contributed by atoms with Crippen LogP contribution in [0.3, 0.4) is 0 Å². The van der Waals surface area contributed by atoms with Crippen molar-refractivity contribution in [2.75, 3.05) is 0 Å². The van der Waals surface area contributed by atoms with Crippen LogP contribution in [0.25, 0.3) is 0 Å². The van der Waals surface area contributed by atoms with E-state index in [0.717, 1.165) is 12.1 Å². The highest BCUT2D eigenvalue weighted by Crippen LogP contribution is 2.36. The summed E-state index contributed by atoms with van der Waals surface area (Å²) in [6.45, 7) is 7.35. The highest BCUT2D eigenvalue weighted by Gasteiger charge is 2.51. The van der Waals surface area contributed by atoms with Gasteiger partial charge < -0.3 is 9.31 Å². The van der Waals surface area contributed by atoms with E-state index >= 15 is 0 Å². The number of benzene rings is 1. The van der Waals surface area contributed by atoms with Crippen molar-refractivity contribution in [3.63, 3.8) is 0 Å². The average molecular weight is 304 g/mol. The fraction of sp³-hybridized carbons (Fsp3) is 0.500. The van der Waals surface area contributed by atoms with E-state index in [1.54, 1.807) is 0 Å². The highest BCUT2D eigenvalue weighted by atomic mass is 32.3. The third-order valence-electron chi connectivity index (χ3n) is 3.74. The van der Waals surface area contributed by atoms with Crippen LogP contribution in [0.5, 0.6) is 0 Å². The summed E-state index contributed by atoms with van der Waals surface area (Å²) in [5, 5.41) is 0. The summed E-state index contributed by atoms with van der Waals surface area (Å²) in [7, 11) is -5.90. The van der Waals surface area contributed by atoms with Gasteiger partial charge in [0.1, 0.15) is 10.7 Å². The maximum atomic E-state index is 13.7. The molecule has 1 saturated heterocycles. The van der Waals surface area contributed by atoms with Crippen LogP contribution < -0.4 is 5.46 Å². The molecule has 0 atom stereocenters. The number of hydrogen-bond donors (Lipinski definition) is 0. The predicted molar refractivity (Wildman–Crippen MR) is 70.4 cm³/mol. The Bertz CT molecular complexity index is 627. The molecule has 1 aromatic rings. The SMILES string of the molecule is CC1(C)OB(c2ccc(S(=O)(=O)F)c(F)c2)OC1(C)C. The van der Waals surface area contributed by atoms with Crippen molar-refractivity contribution >= 4 is 22.8 Å². The van der Waals surface area contributed by atoms with Gasteiger partial charge in [0.05, 0.1) is 11.2 Å². The van der Waals surface area contributed by atoms with Crippen LogP contribution in [0.15, 0.2) is 23.1 Å². The summed E-state index contributed by atoms with van der Waals surface area (Å²) in [5.74, 6) is -1.17. The summed E-state index contributed by atoms with van der Waals surface area (Å²) < 4.78 is 59.3. The summed E-state index contributed by atoms with van der Waals surface area (Å²) in [5.41, 5.74) is -0.897. The van der Waals surface area contributed by atoms with Gasteiger partial charge in [-0.2, -0.15) is 8.42 Å². The van der Waals surface area contributed by atoms with Gasteiger partial charge in [-0.05, 0) is 45.3 Å². The lowest BCUT2D eigenvalue weighted by molar-refractivity contribution is 0.00578. The summed E-state index contributed by atoms with van der Waals surface area (Å²) in [6.07, 6.45) is 0. The predicted octanol–water partition coefficient (Wildman–Crippen LogP) is 1.78. The van der Waals surface area contributed by atoms with Gasteiger partial charge in [0.25, 0.3) is 0 Å². The lowest BCUT2D eigenvalue weighted by atomic mass is 9.79. The molecule has 1 heterocycles. The molecule has 1 aromatic carbocycles. The molecule has 2 rings (SSSR count). The van der Waals surface area contributed by atoms with Gasteiger partial charge in [0.15, 0.2) is 0 Å². The standard InChI is InChI=1S/C12H15BF2O4S/c1-11(2)12(3,4)19-13(18-11)8-5-6-10(9(14)7-8)20(15,16)17/h5-7H,1-4H3. The maximum absolute atomic E-state index is 13.7. The molecular weight excluding hydrogens is 289 g/mol. The van der Waals surface area contributed by atoms with E-state index in [1.807, 2.05) is 27.7 Å². The largest absolute Gasteiger partial charge is 0.494 e. The Morgan fingerprint density at radius 3 is 2.00 bits per heavy atom. The molecule has 4 nitrogen and oxygen atoms in total. The first-order chi connectivity index (χ1) is 8.94. The number of rotatable bonds is 2. The van der Waals surface area contributed by atoms with Gasteiger partial charge in [0.2, 0.25) is 0 Å². The Morgan fingerprint density at radius 2 is 1.60 bits per heavy atom. The van der Waals surface area contributed by atoms with Crippen LogP contribution in [-0.2, 0) is 19.5 Å². The van der Waals surface area contributed by atoms with Crippen molar-refractivity contribution in [3.8, 4) is 0 Å². The second-order valence-electron chi connectivity index (χ2n) is 5.72. The zero-order chi connectivity index (χ0) is 15.3. The quantitative estimate of drug-likeness (QED) is 0.617. The van der Waals surface area contributed by atoms with E-state index in [4.69, 9.17) is 9.31 Å². The smallest absolute Gasteiger partial charge is 0.399 e. The fourth-order valence-electron chi connectivity index (χ4n) is 1.84. The first-order valence-electron chi connectivity index (χ1n) is 6.04. The summed E-state index contributed by atoms with van der Waals surface area (Å²) >= 11 is 0. The lowest BCUT2D eigenvalue weighted by Gasteiger charge is -2.32. The van der Waals surface area contributed by atoms with E-state index in [1.165, 1.54) is 6.07 Å². The van der Waals surface area contributed by atoms with Gasteiger partial charge in [0, 0.05) is 0 Å². The molecule has 110 valence electrons. The minimum absolute atomic E-state index is 0.300. The number of hydrogen-bond acceptors (Lipinski definition) is 4. The van der Waals surface area contributed by atoms with E-state index in [2.05, 4.69) is 0 Å². The van der Waals surface area contributed by atoms with E-state index in [9.17, 15) is 16.7 Å². The molecule has 0 aromatic heterocycles. The third-order valence-corrected chi connectivity index (χ3v) is 4.60. The molecular formula is C12H15BF2O4S. The first-order valence-corrected chi connectivity index (χ1v) is 7.42. The molecule has 20 heavy (non-hydrogen) atoms. The Balaban J connectivity index is 2.36. The molecule has 0 saturated carbocycles. The van der Waals surface area contributed by atoms with Crippen molar-refractivity contribution in [1.29, 1.82) is 0 Å². The second-order valence-corrected chi connectivity index (χ2v) is 7.03. The molecule has 8 heteroatoms. The minimum atomic E-state index is -5.08. The topological polar surface area (TPSA) is 52.6 Å². The van der Waals surface area contributed by atoms with Crippen LogP contribution in [0, 0.1) is 5.82 Å². The monoisotopic (exact) mass is 304 g/mol. The zero-order valence-electron chi connectivity index (χ0n) is 11.6. The van der Waals surface area contributed by atoms with Crippen molar-refractivity contribution in [2.24, 2.45) is 0 Å². The van der Waals surface area contributed by atoms with Gasteiger partial charge >= 0.3 is 17.3 Å². The molecule has 0 aliphatic carbocycles. The molecule has 1 fully saturated rings. The molecule has 0 unspecified atom stereocenters. The molecule has 0 spiro atoms. The van der Waals surface area contributed by atoms with Gasteiger partial charge in [-0.15, -0.1) is 3.89 Å². The van der Waals surface area contributed by atoms with Gasteiger partial charge in [-0.3, -0.25) is 0 Å². The van der Waals surface area contributed by atoms with Crippen molar-refractivity contribution in [2.45, 2.75) is 43.8 Å². The molecule has 1 aliphatic rings. The van der Waals surface area contributed by atoms with E-state index < -0.39 is 39.3 Å². The van der Waals surface area contributed by atoms with Crippen molar-refractivity contribution < 1.29 is 26.0 Å². The maximum Gasteiger partial charge on any atom is 0.494 e. The van der Waals surface area contributed by atoms with Crippen LogP contribution in [0.4, 0.5) is 8.28 Å². The molecule has 0 radical (unpaired) electrons. The summed E-state index contributed by atoms with van der Waals surface area (Å²) in [4.78, 5) is -0.988. The average Bonchev–Trinajstić information content (AvgIpc) is 2.46. The van der Waals surface area contributed by atoms with Crippen LogP contribution >= 0.6 is 0 Å². The van der Waals surface area contributed by atoms with Gasteiger partial charge in [-0.1, -0.05) is 6.07 Å². The zero-order valence-corrected chi connectivity index (χ0v) is 12.4. The lowest BCUT2D eigenvalue weighted by Crippen LogP contribution is -2.41. The number of halogens is 2. The van der Waals surface area contributed by atoms with Gasteiger partial charge in [-0.25, -0.2) is 4.39 Å². The van der Waals surface area contributed by atoms with Crippen LogP contribution in [-0.4, -0.2) is 26.7 Å². The summed E-state index contributed by atoms with van der Waals surface area (Å²) in [6, 6.07) is 3.05. The van der Waals surface area contributed by atoms with E-state index in [-0.39, 0.29) is 0 Å². The second kappa shape index (κ2) is 4.51. The third kappa shape index (κ3) is 2.59. The highest BCUT2D eigenvalue weighted by molar-refractivity contribution is 7.86. The Morgan fingerprint density at radius 1 is 1.10 bits per heavy atom. The Kier molecular flexibility index (Phi) is 3.47. The first kappa shape index (κ1) is 15.4. The van der Waals surface area contributed by atoms with Crippen LogP contribution in [0.2, 0.25) is 0 Å². The molecule has 0 amide bonds. The Hall–Kier alpha value is -0.985. The molecule has 1 aliphatic heterocycles. The van der Waals surface area contributed by atoms with E-state index in [0.29, 0.717) is 5.46 Å². The molecule has 0 bridgehead atoms. The fourth-order valence-corrected chi connectivity index (χ4v) is 2.36. The Labute approximate surface area is 117 Å². The van der Waals surface area contributed by atoms with Crippen molar-refractivity contribution in [3.05, 3.63) is 24.0 Å². The van der Waals surface area contributed by atoms with Crippen LogP contribution in [0.1, 0.15) is 27.7 Å². The van der Waals surface area contributed by atoms with Crippen molar-refractivity contribution in [1.82, 2.24) is 0 Å². The molecule has 0 N–H and O–H groups in total. The minimum Gasteiger partial charge on any atom is -0.399 e.